The van der Waals surface area contributed by atoms with Gasteiger partial charge in [0.25, 0.3) is 0 Å². The number of Topliss-reactive ketones (excluding diaryl/α,β-unsaturated/α-hetero) is 1. The van der Waals surface area contributed by atoms with E-state index in [2.05, 4.69) is 0 Å². The maximum atomic E-state index is 12.8. The molecule has 2 aromatic carbocycles. The number of hydrogen-bond acceptors (Lipinski definition) is 4. The molecule has 5 heteroatoms. The minimum Gasteiger partial charge on any atom is -0.504 e. The maximum Gasteiger partial charge on any atom is 0.329 e. The number of carboxylic acids is 1. The normalized spacial score (nSPS) is 11.2. The Kier molecular flexibility index (Phi) is 5.37. The number of hydrogen-bond donors (Lipinski definition) is 2. The van der Waals surface area contributed by atoms with Crippen molar-refractivity contribution in [2.24, 2.45) is 0 Å². The Labute approximate surface area is 139 Å². The van der Waals surface area contributed by atoms with Crippen LogP contribution >= 0.6 is 0 Å². The predicted molar refractivity (Wildman–Crippen MR) is 90.4 cm³/mol. The second kappa shape index (κ2) is 7.46. The van der Waals surface area contributed by atoms with E-state index in [9.17, 15) is 19.8 Å². The van der Waals surface area contributed by atoms with Crippen molar-refractivity contribution in [1.29, 1.82) is 0 Å². The standard InChI is InChI=1S/C19H18O5/c1-3-13-14(9-10-16(20)19(13)24-2)15(11-17(21)22)18(23)12-7-5-4-6-8-12/h4-11,20H,3H2,1-2H3,(H,21,22). The first kappa shape index (κ1) is 17.3. The molecule has 2 N–H and O–H groups in total. The first-order valence-electron chi connectivity index (χ1n) is 7.43. The first-order chi connectivity index (χ1) is 11.5. The minimum absolute atomic E-state index is 0.0452. The van der Waals surface area contributed by atoms with Gasteiger partial charge in [0.05, 0.1) is 7.11 Å². The zero-order valence-corrected chi connectivity index (χ0v) is 13.4. The molecular weight excluding hydrogens is 308 g/mol. The maximum absolute atomic E-state index is 12.8. The monoisotopic (exact) mass is 326 g/mol. The van der Waals surface area contributed by atoms with E-state index < -0.39 is 11.8 Å². The number of carboxylic acid groups (broad SMARTS) is 1. The van der Waals surface area contributed by atoms with Crippen LogP contribution in [0.25, 0.3) is 5.57 Å². The molecule has 0 aliphatic heterocycles. The van der Waals surface area contributed by atoms with Crippen LogP contribution in [0.1, 0.15) is 28.4 Å². The molecule has 0 fully saturated rings. The highest BCUT2D eigenvalue weighted by atomic mass is 16.5. The van der Waals surface area contributed by atoms with Crippen molar-refractivity contribution in [2.45, 2.75) is 13.3 Å². The number of carbonyl (C=O) groups is 2. The van der Waals surface area contributed by atoms with E-state index in [-0.39, 0.29) is 17.1 Å². The van der Waals surface area contributed by atoms with Crippen LogP contribution < -0.4 is 4.74 Å². The van der Waals surface area contributed by atoms with Crippen molar-refractivity contribution < 1.29 is 24.5 Å². The van der Waals surface area contributed by atoms with Crippen LogP contribution in [-0.2, 0) is 11.2 Å². The van der Waals surface area contributed by atoms with Crippen molar-refractivity contribution in [3.8, 4) is 11.5 Å². The summed E-state index contributed by atoms with van der Waals surface area (Å²) in [6, 6.07) is 11.4. The van der Waals surface area contributed by atoms with Crippen molar-refractivity contribution in [3.05, 3.63) is 65.2 Å². The van der Waals surface area contributed by atoms with Crippen molar-refractivity contribution in [1.82, 2.24) is 0 Å². The summed E-state index contributed by atoms with van der Waals surface area (Å²) >= 11 is 0. The number of carbonyl (C=O) groups excluding carboxylic acids is 1. The summed E-state index contributed by atoms with van der Waals surface area (Å²) in [5.41, 5.74) is 1.45. The quantitative estimate of drug-likeness (QED) is 0.628. The lowest BCUT2D eigenvalue weighted by Crippen LogP contribution is -2.08. The minimum atomic E-state index is -1.22. The first-order valence-corrected chi connectivity index (χ1v) is 7.43. The lowest BCUT2D eigenvalue weighted by atomic mass is 9.91. The van der Waals surface area contributed by atoms with Crippen LogP contribution in [0.4, 0.5) is 0 Å². The van der Waals surface area contributed by atoms with Gasteiger partial charge in [-0.05, 0) is 18.1 Å². The molecule has 0 aliphatic carbocycles. The SMILES string of the molecule is CCc1c(C(=CC(=O)O)C(=O)c2ccccc2)ccc(O)c1OC. The topological polar surface area (TPSA) is 83.8 Å². The van der Waals surface area contributed by atoms with Gasteiger partial charge in [0.1, 0.15) is 0 Å². The van der Waals surface area contributed by atoms with Gasteiger partial charge in [0.15, 0.2) is 17.3 Å². The zero-order valence-electron chi connectivity index (χ0n) is 13.4. The summed E-state index contributed by atoms with van der Waals surface area (Å²) in [6.45, 7) is 1.84. The molecule has 0 saturated carbocycles. The fourth-order valence-corrected chi connectivity index (χ4v) is 2.58. The Balaban J connectivity index is 2.67. The molecule has 5 nitrogen and oxygen atoms in total. The molecular formula is C19H18O5. The molecule has 24 heavy (non-hydrogen) atoms. The van der Waals surface area contributed by atoms with Gasteiger partial charge < -0.3 is 14.9 Å². The van der Waals surface area contributed by atoms with E-state index in [1.807, 2.05) is 6.92 Å². The third-order valence-electron chi connectivity index (χ3n) is 3.64. The molecule has 2 aromatic rings. The molecule has 0 amide bonds. The predicted octanol–water partition coefficient (Wildman–Crippen LogP) is 3.31. The summed E-state index contributed by atoms with van der Waals surface area (Å²) in [6.07, 6.45) is 1.35. The number of benzene rings is 2. The molecule has 0 aromatic heterocycles. The van der Waals surface area contributed by atoms with Crippen molar-refractivity contribution >= 4 is 17.3 Å². The van der Waals surface area contributed by atoms with Crippen LogP contribution in [0.15, 0.2) is 48.5 Å². The van der Waals surface area contributed by atoms with Crippen LogP contribution in [0, 0.1) is 0 Å². The number of aliphatic carboxylic acids is 1. The van der Waals surface area contributed by atoms with Crippen molar-refractivity contribution in [3.63, 3.8) is 0 Å². The smallest absolute Gasteiger partial charge is 0.329 e. The van der Waals surface area contributed by atoms with Gasteiger partial charge in [-0.15, -0.1) is 0 Å². The Bertz CT molecular complexity index is 791. The summed E-state index contributed by atoms with van der Waals surface area (Å²) in [5.74, 6) is -1.43. The van der Waals surface area contributed by atoms with Gasteiger partial charge in [-0.2, -0.15) is 0 Å². The average molecular weight is 326 g/mol. The van der Waals surface area contributed by atoms with Gasteiger partial charge in [-0.25, -0.2) is 4.79 Å². The van der Waals surface area contributed by atoms with E-state index in [0.717, 1.165) is 6.08 Å². The van der Waals surface area contributed by atoms with Crippen molar-refractivity contribution in [2.75, 3.05) is 7.11 Å². The summed E-state index contributed by atoms with van der Waals surface area (Å²) in [5, 5.41) is 19.1. The summed E-state index contributed by atoms with van der Waals surface area (Å²) < 4.78 is 5.21. The second-order valence-corrected chi connectivity index (χ2v) is 5.09. The van der Waals surface area contributed by atoms with E-state index >= 15 is 0 Å². The molecule has 0 radical (unpaired) electrons. The van der Waals surface area contributed by atoms with Crippen LogP contribution in [0.2, 0.25) is 0 Å². The van der Waals surface area contributed by atoms with Gasteiger partial charge in [-0.3, -0.25) is 4.79 Å². The van der Waals surface area contributed by atoms with E-state index in [0.29, 0.717) is 23.1 Å². The molecule has 0 heterocycles. The Morgan fingerprint density at radius 1 is 1.12 bits per heavy atom. The fourth-order valence-electron chi connectivity index (χ4n) is 2.58. The third kappa shape index (κ3) is 3.46. The molecule has 2 rings (SSSR count). The number of phenols is 1. The van der Waals surface area contributed by atoms with Gasteiger partial charge in [-0.1, -0.05) is 43.3 Å². The Morgan fingerprint density at radius 2 is 1.79 bits per heavy atom. The van der Waals surface area contributed by atoms with E-state index in [4.69, 9.17) is 4.74 Å². The Hall–Kier alpha value is -3.08. The number of phenolic OH excluding ortho intramolecular Hbond substituents is 1. The average Bonchev–Trinajstić information content (AvgIpc) is 2.59. The largest absolute Gasteiger partial charge is 0.504 e. The van der Waals surface area contributed by atoms with Crippen LogP contribution in [-0.4, -0.2) is 29.1 Å². The third-order valence-corrected chi connectivity index (χ3v) is 3.64. The highest BCUT2D eigenvalue weighted by Crippen LogP contribution is 2.36. The number of rotatable bonds is 6. The second-order valence-electron chi connectivity index (χ2n) is 5.09. The van der Waals surface area contributed by atoms with Gasteiger partial charge in [0, 0.05) is 22.8 Å². The lowest BCUT2D eigenvalue weighted by Gasteiger charge is -2.16. The highest BCUT2D eigenvalue weighted by molar-refractivity contribution is 6.31. The van der Waals surface area contributed by atoms with E-state index in [1.165, 1.54) is 19.2 Å². The van der Waals surface area contributed by atoms with Gasteiger partial charge in [0.2, 0.25) is 0 Å². The molecule has 0 spiro atoms. The lowest BCUT2D eigenvalue weighted by molar-refractivity contribution is -0.131. The zero-order chi connectivity index (χ0) is 17.7. The Morgan fingerprint density at radius 3 is 2.33 bits per heavy atom. The molecule has 124 valence electrons. The molecule has 0 atom stereocenters. The number of methoxy groups -OCH3 is 1. The van der Waals surface area contributed by atoms with Crippen LogP contribution in [0.3, 0.4) is 0 Å². The summed E-state index contributed by atoms with van der Waals surface area (Å²) in [4.78, 5) is 24.0. The molecule has 0 bridgehead atoms. The van der Waals surface area contributed by atoms with Gasteiger partial charge >= 0.3 is 5.97 Å². The number of aromatic hydroxyl groups is 1. The molecule has 0 saturated heterocycles. The fraction of sp³-hybridized carbons (Fsp3) is 0.158. The number of ether oxygens (including phenoxy) is 1. The van der Waals surface area contributed by atoms with Crippen LogP contribution in [0.5, 0.6) is 11.5 Å². The molecule has 0 unspecified atom stereocenters. The number of allylic oxidation sites excluding steroid dienone is 1. The highest BCUT2D eigenvalue weighted by Gasteiger charge is 2.21. The summed E-state index contributed by atoms with van der Waals surface area (Å²) in [7, 11) is 1.41. The number of ketones is 1. The van der Waals surface area contributed by atoms with E-state index in [1.54, 1.807) is 30.3 Å². The molecule has 0 aliphatic rings.